The van der Waals surface area contributed by atoms with Gasteiger partial charge < -0.3 is 18.3 Å². The minimum absolute atomic E-state index is 0.0724. The fraction of sp³-hybridized carbons (Fsp3) is 0.174. The Labute approximate surface area is 166 Å². The molecule has 0 saturated carbocycles. The molecule has 1 aliphatic rings. The number of hydrogen-bond acceptors (Lipinski definition) is 5. The van der Waals surface area contributed by atoms with Crippen molar-refractivity contribution in [1.82, 2.24) is 0 Å². The second-order valence-corrected chi connectivity index (χ2v) is 7.09. The summed E-state index contributed by atoms with van der Waals surface area (Å²) in [5.74, 6) is 2.91. The van der Waals surface area contributed by atoms with Gasteiger partial charge in [-0.05, 0) is 48.5 Å². The van der Waals surface area contributed by atoms with Crippen LogP contribution in [0, 0.1) is 0 Å². The molecule has 1 unspecified atom stereocenters. The zero-order valence-electron chi connectivity index (χ0n) is 15.9. The van der Waals surface area contributed by atoms with Gasteiger partial charge in [-0.25, -0.2) is 0 Å². The van der Waals surface area contributed by atoms with Crippen molar-refractivity contribution in [3.8, 4) is 22.8 Å². The SMILES string of the molecule is COc1ccc(-c2cc(=O)c3c4c(ccc3o2)OC[NH+](Cc2ccco2)C4)cc1. The molecule has 0 amide bonds. The maximum absolute atomic E-state index is 13.0. The van der Waals surface area contributed by atoms with Crippen molar-refractivity contribution in [2.24, 2.45) is 0 Å². The Morgan fingerprint density at radius 3 is 2.72 bits per heavy atom. The minimum atomic E-state index is -0.0724. The standard InChI is InChI=1S/C23H19NO5/c1-26-16-6-4-15(5-7-16)22-11-19(25)23-18-13-24(12-17-3-2-10-27-17)14-28-20(18)8-9-21(23)29-22/h2-11H,12-14H2,1H3/p+1. The average molecular weight is 390 g/mol. The Morgan fingerprint density at radius 1 is 1.10 bits per heavy atom. The molecular weight excluding hydrogens is 370 g/mol. The molecule has 6 heteroatoms. The Kier molecular flexibility index (Phi) is 4.33. The van der Waals surface area contributed by atoms with Gasteiger partial charge in [0.25, 0.3) is 0 Å². The van der Waals surface area contributed by atoms with Gasteiger partial charge in [0.15, 0.2) is 11.2 Å². The summed E-state index contributed by atoms with van der Waals surface area (Å²) in [5.41, 5.74) is 2.19. The van der Waals surface area contributed by atoms with E-state index in [-0.39, 0.29) is 5.43 Å². The monoisotopic (exact) mass is 390 g/mol. The lowest BCUT2D eigenvalue weighted by Gasteiger charge is -2.26. The van der Waals surface area contributed by atoms with Gasteiger partial charge >= 0.3 is 0 Å². The molecule has 5 rings (SSSR count). The molecule has 0 fully saturated rings. The van der Waals surface area contributed by atoms with Crippen LogP contribution in [0.1, 0.15) is 11.3 Å². The molecule has 1 N–H and O–H groups in total. The average Bonchev–Trinajstić information content (AvgIpc) is 3.26. The smallest absolute Gasteiger partial charge is 0.223 e. The normalized spacial score (nSPS) is 15.7. The van der Waals surface area contributed by atoms with Crippen molar-refractivity contribution < 1.29 is 23.2 Å². The quantitative estimate of drug-likeness (QED) is 0.580. The summed E-state index contributed by atoms with van der Waals surface area (Å²) < 4.78 is 22.6. The van der Waals surface area contributed by atoms with E-state index in [1.807, 2.05) is 42.5 Å². The first kappa shape index (κ1) is 17.6. The van der Waals surface area contributed by atoms with E-state index < -0.39 is 0 Å². The van der Waals surface area contributed by atoms with Gasteiger partial charge in [-0.15, -0.1) is 0 Å². The third-order valence-electron chi connectivity index (χ3n) is 5.20. The molecule has 2 aromatic heterocycles. The Hall–Kier alpha value is -3.51. The highest BCUT2D eigenvalue weighted by atomic mass is 16.5. The summed E-state index contributed by atoms with van der Waals surface area (Å²) in [6, 6.07) is 16.5. The second kappa shape index (κ2) is 7.14. The first-order valence-corrected chi connectivity index (χ1v) is 9.44. The van der Waals surface area contributed by atoms with E-state index in [2.05, 4.69) is 0 Å². The highest BCUT2D eigenvalue weighted by molar-refractivity contribution is 5.84. The molecule has 3 heterocycles. The molecule has 2 aromatic carbocycles. The lowest BCUT2D eigenvalue weighted by Crippen LogP contribution is -3.10. The van der Waals surface area contributed by atoms with E-state index in [4.69, 9.17) is 18.3 Å². The van der Waals surface area contributed by atoms with E-state index in [1.165, 1.54) is 4.90 Å². The third-order valence-corrected chi connectivity index (χ3v) is 5.20. The van der Waals surface area contributed by atoms with Crippen LogP contribution in [0.5, 0.6) is 11.5 Å². The molecule has 0 spiro atoms. The zero-order valence-corrected chi connectivity index (χ0v) is 15.9. The fourth-order valence-electron chi connectivity index (χ4n) is 3.76. The number of methoxy groups -OCH3 is 1. The summed E-state index contributed by atoms with van der Waals surface area (Å²) in [4.78, 5) is 14.2. The number of furan rings is 1. The molecule has 0 bridgehead atoms. The van der Waals surface area contributed by atoms with E-state index >= 15 is 0 Å². The largest absolute Gasteiger partial charge is 0.497 e. The molecule has 1 aliphatic heterocycles. The summed E-state index contributed by atoms with van der Waals surface area (Å²) in [6.45, 7) is 1.88. The van der Waals surface area contributed by atoms with Crippen LogP contribution >= 0.6 is 0 Å². The molecule has 0 saturated heterocycles. The fourth-order valence-corrected chi connectivity index (χ4v) is 3.76. The summed E-state index contributed by atoms with van der Waals surface area (Å²) in [5, 5.41) is 0.580. The van der Waals surface area contributed by atoms with Crippen molar-refractivity contribution in [2.45, 2.75) is 13.1 Å². The zero-order chi connectivity index (χ0) is 19.8. The molecule has 0 radical (unpaired) electrons. The minimum Gasteiger partial charge on any atom is -0.497 e. The van der Waals surface area contributed by atoms with Gasteiger partial charge in [0.1, 0.15) is 35.9 Å². The van der Waals surface area contributed by atoms with Gasteiger partial charge in [-0.2, -0.15) is 0 Å². The number of ether oxygens (including phenoxy) is 2. The molecule has 4 aromatic rings. The van der Waals surface area contributed by atoms with E-state index in [0.717, 1.165) is 28.4 Å². The Morgan fingerprint density at radius 2 is 1.97 bits per heavy atom. The number of rotatable bonds is 4. The van der Waals surface area contributed by atoms with E-state index in [0.29, 0.717) is 36.5 Å². The van der Waals surface area contributed by atoms with Crippen LogP contribution in [0.4, 0.5) is 0 Å². The number of fused-ring (bicyclic) bond motifs is 3. The molecule has 6 nitrogen and oxygen atoms in total. The van der Waals surface area contributed by atoms with Crippen molar-refractivity contribution in [3.63, 3.8) is 0 Å². The summed E-state index contributed by atoms with van der Waals surface area (Å²) in [6.07, 6.45) is 1.66. The van der Waals surface area contributed by atoms with E-state index in [1.54, 1.807) is 25.5 Å². The van der Waals surface area contributed by atoms with Crippen LogP contribution in [0.25, 0.3) is 22.3 Å². The van der Waals surface area contributed by atoms with Crippen LogP contribution in [0.2, 0.25) is 0 Å². The molecular formula is C23H20NO5+. The van der Waals surface area contributed by atoms with Gasteiger partial charge in [0.05, 0.1) is 24.3 Å². The highest BCUT2D eigenvalue weighted by Gasteiger charge is 2.25. The molecule has 146 valence electrons. The van der Waals surface area contributed by atoms with Crippen LogP contribution in [-0.2, 0) is 13.1 Å². The second-order valence-electron chi connectivity index (χ2n) is 7.09. The maximum Gasteiger partial charge on any atom is 0.223 e. The van der Waals surface area contributed by atoms with Crippen molar-refractivity contribution in [3.05, 3.63) is 82.4 Å². The molecule has 29 heavy (non-hydrogen) atoms. The Balaban J connectivity index is 1.53. The molecule has 1 atom stereocenters. The lowest BCUT2D eigenvalue weighted by atomic mass is 10.0. The number of nitrogens with one attached hydrogen (secondary N) is 1. The van der Waals surface area contributed by atoms with Crippen molar-refractivity contribution >= 4 is 11.0 Å². The van der Waals surface area contributed by atoms with Gasteiger partial charge in [-0.1, -0.05) is 0 Å². The van der Waals surface area contributed by atoms with Crippen LogP contribution in [-0.4, -0.2) is 13.8 Å². The number of benzene rings is 2. The topological polar surface area (TPSA) is 66.2 Å². The summed E-state index contributed by atoms with van der Waals surface area (Å²) in [7, 11) is 1.62. The van der Waals surface area contributed by atoms with E-state index in [9.17, 15) is 4.79 Å². The van der Waals surface area contributed by atoms with Gasteiger partial charge in [0.2, 0.25) is 6.73 Å². The van der Waals surface area contributed by atoms with Crippen molar-refractivity contribution in [2.75, 3.05) is 13.8 Å². The predicted molar refractivity (Wildman–Crippen MR) is 107 cm³/mol. The van der Waals surface area contributed by atoms with Crippen molar-refractivity contribution in [1.29, 1.82) is 0 Å². The van der Waals surface area contributed by atoms with Crippen LogP contribution < -0.4 is 19.8 Å². The predicted octanol–water partition coefficient (Wildman–Crippen LogP) is 3.00. The first-order chi connectivity index (χ1) is 14.2. The van der Waals surface area contributed by atoms with Crippen LogP contribution in [0.15, 0.2) is 74.5 Å². The lowest BCUT2D eigenvalue weighted by molar-refractivity contribution is -0.946. The van der Waals surface area contributed by atoms with Gasteiger partial charge in [0, 0.05) is 11.6 Å². The highest BCUT2D eigenvalue weighted by Crippen LogP contribution is 2.30. The number of hydrogen-bond donors (Lipinski definition) is 1. The summed E-state index contributed by atoms with van der Waals surface area (Å²) >= 11 is 0. The van der Waals surface area contributed by atoms with Gasteiger partial charge in [-0.3, -0.25) is 9.69 Å². The molecule has 0 aliphatic carbocycles. The van der Waals surface area contributed by atoms with Crippen LogP contribution in [0.3, 0.4) is 0 Å². The third kappa shape index (κ3) is 3.28. The first-order valence-electron chi connectivity index (χ1n) is 9.44. The maximum atomic E-state index is 13.0. The number of quaternary nitrogens is 1. The Bertz CT molecular complexity index is 1210.